The van der Waals surface area contributed by atoms with E-state index in [-0.39, 0.29) is 30.3 Å². The highest BCUT2D eigenvalue weighted by molar-refractivity contribution is 5.86. The minimum Gasteiger partial charge on any atom is -0.504 e. The van der Waals surface area contributed by atoms with Gasteiger partial charge in [0, 0.05) is 6.07 Å². The number of hydrogen-bond donors (Lipinski definition) is 2. The van der Waals surface area contributed by atoms with Crippen molar-refractivity contribution in [1.82, 2.24) is 0 Å². The number of benzene rings is 1. The molecule has 2 N–H and O–H groups in total. The second-order valence-electron chi connectivity index (χ2n) is 5.91. The van der Waals surface area contributed by atoms with Crippen molar-refractivity contribution in [2.45, 2.75) is 45.4 Å². The van der Waals surface area contributed by atoms with Gasteiger partial charge in [-0.3, -0.25) is 0 Å². The molecule has 0 saturated carbocycles. The molecule has 0 bridgehead atoms. The van der Waals surface area contributed by atoms with Gasteiger partial charge in [-0.05, 0) is 18.6 Å². The van der Waals surface area contributed by atoms with Crippen LogP contribution in [0.3, 0.4) is 0 Å². The van der Waals surface area contributed by atoms with E-state index < -0.39 is 5.63 Å². The Bertz CT molecular complexity index is 722. The smallest absolute Gasteiger partial charge is 0.383 e. The molecule has 0 amide bonds. The molecular weight excluding hydrogens is 324 g/mol. The van der Waals surface area contributed by atoms with Crippen molar-refractivity contribution in [3.05, 3.63) is 28.6 Å². The van der Waals surface area contributed by atoms with Gasteiger partial charge in [-0.15, -0.1) is 0 Å². The van der Waals surface area contributed by atoms with Crippen LogP contribution in [0.4, 0.5) is 0 Å². The van der Waals surface area contributed by atoms with Crippen molar-refractivity contribution in [3.8, 4) is 17.2 Å². The van der Waals surface area contributed by atoms with E-state index >= 15 is 0 Å². The Morgan fingerprint density at radius 2 is 1.80 bits per heavy atom. The van der Waals surface area contributed by atoms with E-state index in [9.17, 15) is 9.90 Å². The van der Waals surface area contributed by atoms with Crippen molar-refractivity contribution >= 4 is 11.0 Å². The molecule has 1 aromatic carbocycles. The standard InChI is InChI=1S/C19H26O6/c1-2-3-4-5-6-7-11-24-18-17(21)15-9-8-14(23-12-10-20)13-16(15)25-19(18)22/h8-9,13,20-21H,2-7,10-12H2,1H3. The quantitative estimate of drug-likeness (QED) is 0.475. The van der Waals surface area contributed by atoms with E-state index in [2.05, 4.69) is 6.92 Å². The van der Waals surface area contributed by atoms with E-state index in [1.54, 1.807) is 12.1 Å². The predicted molar refractivity (Wildman–Crippen MR) is 95.6 cm³/mol. The Morgan fingerprint density at radius 3 is 2.56 bits per heavy atom. The molecule has 0 aliphatic carbocycles. The lowest BCUT2D eigenvalue weighted by Crippen LogP contribution is -2.09. The van der Waals surface area contributed by atoms with Crippen LogP contribution in [0.25, 0.3) is 11.0 Å². The molecular formula is C19H26O6. The van der Waals surface area contributed by atoms with Crippen LogP contribution >= 0.6 is 0 Å². The van der Waals surface area contributed by atoms with Crippen LogP contribution in [0.15, 0.2) is 27.4 Å². The molecule has 0 unspecified atom stereocenters. The Morgan fingerprint density at radius 1 is 1.04 bits per heavy atom. The minimum absolute atomic E-state index is 0.113. The van der Waals surface area contributed by atoms with E-state index in [4.69, 9.17) is 19.0 Å². The van der Waals surface area contributed by atoms with Crippen LogP contribution < -0.4 is 15.1 Å². The fourth-order valence-electron chi connectivity index (χ4n) is 2.59. The molecule has 6 heteroatoms. The summed E-state index contributed by atoms with van der Waals surface area (Å²) in [5.41, 5.74) is -0.500. The van der Waals surface area contributed by atoms with Crippen LogP contribution in [0.5, 0.6) is 17.2 Å². The zero-order valence-corrected chi connectivity index (χ0v) is 14.6. The molecule has 0 atom stereocenters. The fourth-order valence-corrected chi connectivity index (χ4v) is 2.59. The maximum atomic E-state index is 12.1. The summed E-state index contributed by atoms with van der Waals surface area (Å²) in [7, 11) is 0. The third kappa shape index (κ3) is 5.39. The maximum absolute atomic E-state index is 12.1. The maximum Gasteiger partial charge on any atom is 0.383 e. The van der Waals surface area contributed by atoms with Gasteiger partial charge in [0.25, 0.3) is 0 Å². The molecule has 1 heterocycles. The average Bonchev–Trinajstić information content (AvgIpc) is 2.61. The number of aliphatic hydroxyl groups excluding tert-OH is 1. The van der Waals surface area contributed by atoms with Gasteiger partial charge >= 0.3 is 5.63 Å². The number of fused-ring (bicyclic) bond motifs is 1. The number of aliphatic hydroxyl groups is 1. The lowest BCUT2D eigenvalue weighted by molar-refractivity contribution is 0.201. The summed E-state index contributed by atoms with van der Waals surface area (Å²) >= 11 is 0. The highest BCUT2D eigenvalue weighted by atomic mass is 16.5. The lowest BCUT2D eigenvalue weighted by Gasteiger charge is -2.10. The van der Waals surface area contributed by atoms with Crippen LogP contribution in [-0.2, 0) is 0 Å². The van der Waals surface area contributed by atoms with Gasteiger partial charge in [0.05, 0.1) is 18.6 Å². The van der Waals surface area contributed by atoms with Crippen LogP contribution in [0.2, 0.25) is 0 Å². The van der Waals surface area contributed by atoms with Gasteiger partial charge in [0.2, 0.25) is 5.75 Å². The second kappa shape index (κ2) is 9.93. The number of unbranched alkanes of at least 4 members (excludes halogenated alkanes) is 5. The largest absolute Gasteiger partial charge is 0.504 e. The normalized spacial score (nSPS) is 11.0. The van der Waals surface area contributed by atoms with Gasteiger partial charge in [0.1, 0.15) is 17.9 Å². The molecule has 0 aliphatic rings. The monoisotopic (exact) mass is 350 g/mol. The molecule has 0 spiro atoms. The van der Waals surface area contributed by atoms with Gasteiger partial charge in [-0.1, -0.05) is 39.0 Å². The second-order valence-corrected chi connectivity index (χ2v) is 5.91. The first-order valence-electron chi connectivity index (χ1n) is 8.83. The van der Waals surface area contributed by atoms with Crippen molar-refractivity contribution < 1.29 is 24.1 Å². The highest BCUT2D eigenvalue weighted by Crippen LogP contribution is 2.33. The Balaban J connectivity index is 2.02. The molecule has 2 aromatic rings. The lowest BCUT2D eigenvalue weighted by atomic mass is 10.1. The average molecular weight is 350 g/mol. The molecule has 0 aliphatic heterocycles. The van der Waals surface area contributed by atoms with Crippen molar-refractivity contribution in [1.29, 1.82) is 0 Å². The summed E-state index contributed by atoms with van der Waals surface area (Å²) in [6.45, 7) is 2.57. The molecule has 6 nitrogen and oxygen atoms in total. The molecule has 0 radical (unpaired) electrons. The highest BCUT2D eigenvalue weighted by Gasteiger charge is 2.16. The number of hydrogen-bond acceptors (Lipinski definition) is 6. The van der Waals surface area contributed by atoms with Crippen LogP contribution in [-0.4, -0.2) is 30.0 Å². The Labute approximate surface area is 147 Å². The third-order valence-corrected chi connectivity index (χ3v) is 3.92. The topological polar surface area (TPSA) is 89.1 Å². The molecule has 138 valence electrons. The summed E-state index contributed by atoms with van der Waals surface area (Å²) in [5, 5.41) is 19.5. The molecule has 1 aromatic heterocycles. The Kier molecular flexibility index (Phi) is 7.60. The third-order valence-electron chi connectivity index (χ3n) is 3.92. The van der Waals surface area contributed by atoms with Gasteiger partial charge in [-0.25, -0.2) is 4.79 Å². The zero-order valence-electron chi connectivity index (χ0n) is 14.6. The first kappa shape index (κ1) is 19.1. The van der Waals surface area contributed by atoms with Gasteiger partial charge < -0.3 is 24.1 Å². The van der Waals surface area contributed by atoms with E-state index in [0.29, 0.717) is 17.7 Å². The predicted octanol–water partition coefficient (Wildman–Crippen LogP) is 3.61. The zero-order chi connectivity index (χ0) is 18.1. The van der Waals surface area contributed by atoms with Gasteiger partial charge in [-0.2, -0.15) is 0 Å². The molecule has 25 heavy (non-hydrogen) atoms. The summed E-state index contributed by atoms with van der Waals surface area (Å²) in [6.07, 6.45) is 6.65. The van der Waals surface area contributed by atoms with Crippen molar-refractivity contribution in [2.75, 3.05) is 19.8 Å². The summed E-state index contributed by atoms with van der Waals surface area (Å²) in [6, 6.07) is 4.73. The van der Waals surface area contributed by atoms with E-state index in [1.165, 1.54) is 25.3 Å². The van der Waals surface area contributed by atoms with E-state index in [1.807, 2.05) is 0 Å². The first-order valence-corrected chi connectivity index (χ1v) is 8.83. The summed E-state index contributed by atoms with van der Waals surface area (Å²) in [4.78, 5) is 12.1. The SMILES string of the molecule is CCCCCCCCOc1c(O)c2ccc(OCCO)cc2oc1=O. The Hall–Kier alpha value is -2.21. The first-order chi connectivity index (χ1) is 12.2. The summed E-state index contributed by atoms with van der Waals surface area (Å²) in [5.74, 6) is 0.0841. The van der Waals surface area contributed by atoms with E-state index in [0.717, 1.165) is 19.3 Å². The fraction of sp³-hybridized carbons (Fsp3) is 0.526. The number of ether oxygens (including phenoxy) is 2. The van der Waals surface area contributed by atoms with Crippen LogP contribution in [0.1, 0.15) is 45.4 Å². The van der Waals surface area contributed by atoms with Crippen molar-refractivity contribution in [2.24, 2.45) is 0 Å². The molecule has 0 saturated heterocycles. The number of rotatable bonds is 11. The van der Waals surface area contributed by atoms with Gasteiger partial charge in [0.15, 0.2) is 5.75 Å². The van der Waals surface area contributed by atoms with Crippen LogP contribution in [0, 0.1) is 0 Å². The number of aromatic hydroxyl groups is 1. The molecule has 2 rings (SSSR count). The minimum atomic E-state index is -0.713. The molecule has 0 fully saturated rings. The summed E-state index contributed by atoms with van der Waals surface area (Å²) < 4.78 is 15.9. The van der Waals surface area contributed by atoms with Crippen molar-refractivity contribution in [3.63, 3.8) is 0 Å².